The van der Waals surface area contributed by atoms with E-state index in [0.29, 0.717) is 11.4 Å². The average Bonchev–Trinajstić information content (AvgIpc) is 2.80. The molecule has 1 unspecified atom stereocenters. The smallest absolute Gasteiger partial charge is 0.137 e. The molecule has 2 rings (SSSR count). The van der Waals surface area contributed by atoms with Crippen molar-refractivity contribution in [3.63, 3.8) is 0 Å². The molecule has 2 aromatic rings. The highest BCUT2D eigenvalue weighted by Gasteiger charge is 2.15. The van der Waals surface area contributed by atoms with Crippen LogP contribution in [0.4, 0.5) is 4.39 Å². The first-order valence-corrected chi connectivity index (χ1v) is 5.65. The summed E-state index contributed by atoms with van der Waals surface area (Å²) in [5.74, 6) is 0.289. The highest BCUT2D eigenvalue weighted by Crippen LogP contribution is 2.18. The molecule has 1 heterocycles. The number of aliphatic hydroxyl groups excluding tert-OH is 1. The van der Waals surface area contributed by atoms with Gasteiger partial charge in [0.25, 0.3) is 0 Å². The molecule has 0 fully saturated rings. The molecule has 0 aliphatic rings. The van der Waals surface area contributed by atoms with Gasteiger partial charge >= 0.3 is 0 Å². The summed E-state index contributed by atoms with van der Waals surface area (Å²) in [7, 11) is 0. The van der Waals surface area contributed by atoms with E-state index in [1.165, 1.54) is 6.07 Å². The fourth-order valence-electron chi connectivity index (χ4n) is 1.85. The number of aryl methyl sites for hydroxylation is 1. The van der Waals surface area contributed by atoms with Gasteiger partial charge in [0.1, 0.15) is 17.7 Å². The summed E-state index contributed by atoms with van der Waals surface area (Å²) in [6, 6.07) is 6.47. The number of hydrogen-bond acceptors (Lipinski definition) is 2. The van der Waals surface area contributed by atoms with Crippen molar-refractivity contribution in [1.82, 2.24) is 9.55 Å². The fraction of sp³-hybridized carbons (Fsp3) is 0.308. The minimum atomic E-state index is -0.776. The Bertz CT molecular complexity index is 496. The summed E-state index contributed by atoms with van der Waals surface area (Å²) in [4.78, 5) is 4.10. The molecule has 90 valence electrons. The van der Waals surface area contributed by atoms with Gasteiger partial charge in [-0.2, -0.15) is 0 Å². The first-order valence-electron chi connectivity index (χ1n) is 5.65. The molecule has 0 saturated carbocycles. The van der Waals surface area contributed by atoms with E-state index in [4.69, 9.17) is 0 Å². The second-order valence-corrected chi connectivity index (χ2v) is 3.88. The zero-order valence-electron chi connectivity index (χ0n) is 9.68. The third kappa shape index (κ3) is 2.53. The van der Waals surface area contributed by atoms with Crippen molar-refractivity contribution in [3.05, 3.63) is 53.9 Å². The Kier molecular flexibility index (Phi) is 3.54. The number of rotatable bonds is 4. The van der Waals surface area contributed by atoms with Crippen LogP contribution in [0.2, 0.25) is 0 Å². The van der Waals surface area contributed by atoms with Crippen LogP contribution in [0, 0.1) is 5.82 Å². The van der Waals surface area contributed by atoms with Gasteiger partial charge in [0, 0.05) is 25.4 Å². The molecule has 0 spiro atoms. The minimum Gasteiger partial charge on any atom is -0.385 e. The summed E-state index contributed by atoms with van der Waals surface area (Å²) in [6.07, 6.45) is 2.91. The van der Waals surface area contributed by atoms with E-state index in [0.717, 1.165) is 6.54 Å². The van der Waals surface area contributed by atoms with E-state index in [9.17, 15) is 9.50 Å². The molecular formula is C13H15FN2O. The fourth-order valence-corrected chi connectivity index (χ4v) is 1.85. The SMILES string of the molecule is CCn1ccnc1C(O)Cc1ccccc1F. The van der Waals surface area contributed by atoms with Gasteiger partial charge in [-0.3, -0.25) is 0 Å². The summed E-state index contributed by atoms with van der Waals surface area (Å²) in [5, 5.41) is 10.0. The zero-order valence-corrected chi connectivity index (χ0v) is 9.68. The van der Waals surface area contributed by atoms with Crippen LogP contribution in [0.1, 0.15) is 24.4 Å². The lowest BCUT2D eigenvalue weighted by molar-refractivity contribution is 0.162. The largest absolute Gasteiger partial charge is 0.385 e. The Balaban J connectivity index is 2.17. The van der Waals surface area contributed by atoms with Gasteiger partial charge in [0.15, 0.2) is 0 Å². The quantitative estimate of drug-likeness (QED) is 0.881. The standard InChI is InChI=1S/C13H15FN2O/c1-2-16-8-7-15-13(16)12(17)9-10-5-3-4-6-11(10)14/h3-8,12,17H,2,9H2,1H3. The van der Waals surface area contributed by atoms with Crippen molar-refractivity contribution in [2.45, 2.75) is 26.0 Å². The first kappa shape index (κ1) is 11.8. The Morgan fingerprint density at radius 1 is 1.41 bits per heavy atom. The Hall–Kier alpha value is -1.68. The third-order valence-electron chi connectivity index (χ3n) is 2.76. The molecule has 1 N–H and O–H groups in total. The number of imidazole rings is 1. The van der Waals surface area contributed by atoms with Crippen LogP contribution >= 0.6 is 0 Å². The van der Waals surface area contributed by atoms with Crippen LogP contribution in [0.25, 0.3) is 0 Å². The molecule has 0 amide bonds. The molecule has 0 saturated heterocycles. The van der Waals surface area contributed by atoms with Crippen molar-refractivity contribution in [2.75, 3.05) is 0 Å². The lowest BCUT2D eigenvalue weighted by Gasteiger charge is -2.12. The van der Waals surface area contributed by atoms with Crippen molar-refractivity contribution in [3.8, 4) is 0 Å². The predicted octanol–water partition coefficient (Wildman–Crippen LogP) is 2.32. The second-order valence-electron chi connectivity index (χ2n) is 3.88. The van der Waals surface area contributed by atoms with Gasteiger partial charge in [-0.05, 0) is 18.6 Å². The molecular weight excluding hydrogens is 219 g/mol. The molecule has 1 aromatic carbocycles. The molecule has 1 atom stereocenters. The summed E-state index contributed by atoms with van der Waals surface area (Å²) < 4.78 is 15.3. The third-order valence-corrected chi connectivity index (χ3v) is 2.76. The van der Waals surface area contributed by atoms with Gasteiger partial charge in [0.05, 0.1) is 0 Å². The number of hydrogen-bond donors (Lipinski definition) is 1. The van der Waals surface area contributed by atoms with Crippen LogP contribution in [-0.4, -0.2) is 14.7 Å². The maximum atomic E-state index is 13.4. The van der Waals surface area contributed by atoms with Crippen molar-refractivity contribution < 1.29 is 9.50 Å². The Morgan fingerprint density at radius 3 is 2.88 bits per heavy atom. The number of nitrogens with zero attached hydrogens (tertiary/aromatic N) is 2. The molecule has 0 radical (unpaired) electrons. The Labute approximate surface area is 99.5 Å². The van der Waals surface area contributed by atoms with Crippen molar-refractivity contribution >= 4 is 0 Å². The number of halogens is 1. The van der Waals surface area contributed by atoms with Gasteiger partial charge in [-0.15, -0.1) is 0 Å². The van der Waals surface area contributed by atoms with Gasteiger partial charge in [0.2, 0.25) is 0 Å². The van der Waals surface area contributed by atoms with Crippen LogP contribution in [0.5, 0.6) is 0 Å². The molecule has 0 aliphatic heterocycles. The Morgan fingerprint density at radius 2 is 2.18 bits per heavy atom. The van der Waals surface area contributed by atoms with E-state index >= 15 is 0 Å². The highest BCUT2D eigenvalue weighted by atomic mass is 19.1. The van der Waals surface area contributed by atoms with Crippen LogP contribution in [0.15, 0.2) is 36.7 Å². The maximum absolute atomic E-state index is 13.4. The number of aliphatic hydroxyl groups is 1. The molecule has 17 heavy (non-hydrogen) atoms. The average molecular weight is 234 g/mol. The van der Waals surface area contributed by atoms with Crippen LogP contribution < -0.4 is 0 Å². The summed E-state index contributed by atoms with van der Waals surface area (Å²) in [5.41, 5.74) is 0.505. The normalized spacial score (nSPS) is 12.6. The molecule has 3 nitrogen and oxygen atoms in total. The predicted molar refractivity (Wildman–Crippen MR) is 63.0 cm³/mol. The van der Waals surface area contributed by atoms with Gasteiger partial charge in [-0.25, -0.2) is 9.37 Å². The van der Waals surface area contributed by atoms with Crippen molar-refractivity contribution in [2.24, 2.45) is 0 Å². The van der Waals surface area contributed by atoms with Gasteiger partial charge in [-0.1, -0.05) is 18.2 Å². The second kappa shape index (κ2) is 5.10. The monoisotopic (exact) mass is 234 g/mol. The van der Waals surface area contributed by atoms with E-state index in [-0.39, 0.29) is 12.2 Å². The zero-order chi connectivity index (χ0) is 12.3. The topological polar surface area (TPSA) is 38.0 Å². The molecule has 0 aliphatic carbocycles. The van der Waals surface area contributed by atoms with Crippen LogP contribution in [-0.2, 0) is 13.0 Å². The number of aromatic nitrogens is 2. The summed E-state index contributed by atoms with van der Waals surface area (Å²) >= 11 is 0. The van der Waals surface area contributed by atoms with Gasteiger partial charge < -0.3 is 9.67 Å². The van der Waals surface area contributed by atoms with E-state index in [1.54, 1.807) is 30.6 Å². The lowest BCUT2D eigenvalue weighted by Crippen LogP contribution is -2.10. The minimum absolute atomic E-state index is 0.240. The molecule has 4 heteroatoms. The van der Waals surface area contributed by atoms with Crippen LogP contribution in [0.3, 0.4) is 0 Å². The number of benzene rings is 1. The van der Waals surface area contributed by atoms with E-state index in [2.05, 4.69) is 4.98 Å². The first-order chi connectivity index (χ1) is 8.22. The molecule has 1 aromatic heterocycles. The highest BCUT2D eigenvalue weighted by molar-refractivity contribution is 5.19. The maximum Gasteiger partial charge on any atom is 0.137 e. The molecule has 0 bridgehead atoms. The van der Waals surface area contributed by atoms with E-state index < -0.39 is 6.10 Å². The van der Waals surface area contributed by atoms with Crippen molar-refractivity contribution in [1.29, 1.82) is 0 Å². The summed E-state index contributed by atoms with van der Waals surface area (Å²) in [6.45, 7) is 2.71. The lowest BCUT2D eigenvalue weighted by atomic mass is 10.1. The van der Waals surface area contributed by atoms with E-state index in [1.807, 2.05) is 11.5 Å².